The molecule has 0 radical (unpaired) electrons. The summed E-state index contributed by atoms with van der Waals surface area (Å²) in [4.78, 5) is 0. The van der Waals surface area contributed by atoms with Crippen molar-refractivity contribution in [3.63, 3.8) is 0 Å². The molecule has 0 aromatic rings. The van der Waals surface area contributed by atoms with Crippen molar-refractivity contribution in [3.8, 4) is 0 Å². The molecule has 3 heteroatoms. The molecule has 1 aliphatic heterocycles. The summed E-state index contributed by atoms with van der Waals surface area (Å²) in [6.45, 7) is 1.06. The van der Waals surface area contributed by atoms with Crippen LogP contribution in [0.15, 0.2) is 0 Å². The Hall–Kier alpha value is 0.660. The first kappa shape index (κ1) is 5.79. The second kappa shape index (κ2) is 1.88. The van der Waals surface area contributed by atoms with Gasteiger partial charge in [-0.05, 0) is 19.4 Å². The molecule has 42 valence electrons. The van der Waals surface area contributed by atoms with Crippen molar-refractivity contribution in [2.75, 3.05) is 6.54 Å². The molecule has 1 rings (SSSR count). The molecule has 0 bridgehead atoms. The Labute approximate surface area is 54.7 Å². The fourth-order valence-corrected chi connectivity index (χ4v) is 1.25. The highest BCUT2D eigenvalue weighted by molar-refractivity contribution is 8.00. The van der Waals surface area contributed by atoms with E-state index in [1.165, 1.54) is 6.42 Å². The van der Waals surface area contributed by atoms with Gasteiger partial charge in [0.25, 0.3) is 0 Å². The molecule has 0 aliphatic carbocycles. The van der Waals surface area contributed by atoms with E-state index >= 15 is 0 Å². The van der Waals surface area contributed by atoms with Gasteiger partial charge in [-0.15, -0.1) is 25.3 Å². The smallest absolute Gasteiger partial charge is 0.106 e. The van der Waals surface area contributed by atoms with Gasteiger partial charge in [0.1, 0.15) is 4.20 Å². The molecule has 0 aromatic carbocycles. The predicted molar refractivity (Wildman–Crippen MR) is 37.9 cm³/mol. The van der Waals surface area contributed by atoms with Gasteiger partial charge in [-0.3, -0.25) is 5.32 Å². The average Bonchev–Trinajstić information content (AvgIpc) is 1.84. The summed E-state index contributed by atoms with van der Waals surface area (Å²) >= 11 is 8.40. The van der Waals surface area contributed by atoms with E-state index in [1.54, 1.807) is 0 Å². The molecule has 0 amide bonds. The predicted octanol–water partition coefficient (Wildman–Crippen LogP) is 0.883. The zero-order valence-corrected chi connectivity index (χ0v) is 5.80. The maximum Gasteiger partial charge on any atom is 0.106 e. The van der Waals surface area contributed by atoms with Crippen molar-refractivity contribution in [2.45, 2.75) is 17.0 Å². The Morgan fingerprint density at radius 1 is 1.43 bits per heavy atom. The minimum absolute atomic E-state index is 0.167. The molecule has 1 N–H and O–H groups in total. The summed E-state index contributed by atoms with van der Waals surface area (Å²) in [5.74, 6) is 0. The molecule has 1 aliphatic rings. The van der Waals surface area contributed by atoms with Crippen molar-refractivity contribution in [3.05, 3.63) is 0 Å². The lowest BCUT2D eigenvalue weighted by atomic mass is 10.4. The quantitative estimate of drug-likeness (QED) is 0.331. The van der Waals surface area contributed by atoms with Crippen LogP contribution in [0, 0.1) is 0 Å². The van der Waals surface area contributed by atoms with Gasteiger partial charge in [0.05, 0.1) is 0 Å². The van der Waals surface area contributed by atoms with E-state index in [-0.39, 0.29) is 4.20 Å². The van der Waals surface area contributed by atoms with Crippen molar-refractivity contribution in [2.24, 2.45) is 0 Å². The zero-order valence-electron chi connectivity index (χ0n) is 4.02. The minimum Gasteiger partial charge on any atom is -0.295 e. The highest BCUT2D eigenvalue weighted by Crippen LogP contribution is 2.26. The molecule has 1 saturated heterocycles. The Morgan fingerprint density at radius 2 is 2.14 bits per heavy atom. The molecule has 1 heterocycles. The van der Waals surface area contributed by atoms with Crippen LogP contribution in [-0.4, -0.2) is 10.7 Å². The molecule has 0 saturated carbocycles. The van der Waals surface area contributed by atoms with Gasteiger partial charge in [-0.2, -0.15) is 0 Å². The number of hydrogen-bond acceptors (Lipinski definition) is 3. The van der Waals surface area contributed by atoms with E-state index < -0.39 is 0 Å². The van der Waals surface area contributed by atoms with Crippen LogP contribution in [0.4, 0.5) is 0 Å². The van der Waals surface area contributed by atoms with E-state index in [1.807, 2.05) is 0 Å². The summed E-state index contributed by atoms with van der Waals surface area (Å²) in [5.41, 5.74) is 0. The largest absolute Gasteiger partial charge is 0.295 e. The van der Waals surface area contributed by atoms with Crippen molar-refractivity contribution >= 4 is 25.3 Å². The minimum atomic E-state index is -0.167. The second-order valence-corrected chi connectivity index (χ2v) is 3.73. The van der Waals surface area contributed by atoms with Crippen molar-refractivity contribution < 1.29 is 0 Å². The summed E-state index contributed by atoms with van der Waals surface area (Å²) in [6, 6.07) is 0. The second-order valence-electron chi connectivity index (χ2n) is 1.85. The lowest BCUT2D eigenvalue weighted by molar-refractivity contribution is 0.763. The molecular formula is C4H9NS2. The van der Waals surface area contributed by atoms with Gasteiger partial charge < -0.3 is 0 Å². The molecular weight excluding hydrogens is 126 g/mol. The van der Waals surface area contributed by atoms with Crippen LogP contribution in [0.25, 0.3) is 0 Å². The zero-order chi connectivity index (χ0) is 5.33. The summed E-state index contributed by atoms with van der Waals surface area (Å²) < 4.78 is -0.167. The van der Waals surface area contributed by atoms with Crippen LogP contribution in [0.2, 0.25) is 0 Å². The molecule has 1 fully saturated rings. The first-order valence-electron chi connectivity index (χ1n) is 2.40. The van der Waals surface area contributed by atoms with Crippen molar-refractivity contribution in [1.82, 2.24) is 5.32 Å². The van der Waals surface area contributed by atoms with Gasteiger partial charge in [-0.25, -0.2) is 0 Å². The van der Waals surface area contributed by atoms with E-state index in [4.69, 9.17) is 0 Å². The van der Waals surface area contributed by atoms with Crippen LogP contribution in [0.5, 0.6) is 0 Å². The average molecular weight is 135 g/mol. The lowest BCUT2D eigenvalue weighted by Crippen LogP contribution is -2.25. The van der Waals surface area contributed by atoms with Crippen LogP contribution in [0.1, 0.15) is 12.8 Å². The first-order chi connectivity index (χ1) is 3.21. The normalized spacial score (nSPS) is 28.3. The number of hydrogen-bond donors (Lipinski definition) is 3. The van der Waals surface area contributed by atoms with Gasteiger partial charge >= 0.3 is 0 Å². The molecule has 0 atom stereocenters. The summed E-state index contributed by atoms with van der Waals surface area (Å²) in [5, 5.41) is 3.12. The molecule has 7 heavy (non-hydrogen) atoms. The third kappa shape index (κ3) is 1.55. The maximum absolute atomic E-state index is 4.20. The Morgan fingerprint density at radius 3 is 2.29 bits per heavy atom. The molecule has 1 nitrogen and oxygen atoms in total. The number of thiol groups is 2. The highest BCUT2D eigenvalue weighted by atomic mass is 32.2. The molecule has 0 unspecified atom stereocenters. The number of rotatable bonds is 0. The van der Waals surface area contributed by atoms with E-state index in [9.17, 15) is 0 Å². The third-order valence-electron chi connectivity index (χ3n) is 1.11. The van der Waals surface area contributed by atoms with Gasteiger partial charge in [0, 0.05) is 0 Å². The summed E-state index contributed by atoms with van der Waals surface area (Å²) in [6.07, 6.45) is 2.27. The number of nitrogens with one attached hydrogen (secondary N) is 1. The topological polar surface area (TPSA) is 12.0 Å². The van der Waals surface area contributed by atoms with E-state index in [0.717, 1.165) is 13.0 Å². The molecule has 0 aromatic heterocycles. The van der Waals surface area contributed by atoms with Crippen LogP contribution < -0.4 is 5.32 Å². The summed E-state index contributed by atoms with van der Waals surface area (Å²) in [7, 11) is 0. The highest BCUT2D eigenvalue weighted by Gasteiger charge is 2.23. The fraction of sp³-hybridized carbons (Fsp3) is 1.00. The molecule has 0 spiro atoms. The third-order valence-corrected chi connectivity index (χ3v) is 1.87. The van der Waals surface area contributed by atoms with Gasteiger partial charge in [-0.1, -0.05) is 0 Å². The van der Waals surface area contributed by atoms with Gasteiger partial charge in [0.15, 0.2) is 0 Å². The van der Waals surface area contributed by atoms with Crippen LogP contribution in [0.3, 0.4) is 0 Å². The van der Waals surface area contributed by atoms with E-state index in [2.05, 4.69) is 30.6 Å². The first-order valence-corrected chi connectivity index (χ1v) is 3.30. The standard InChI is InChI=1S/C4H9NS2/c6-4(7)2-1-3-5-4/h5-7H,1-3H2. The van der Waals surface area contributed by atoms with Crippen LogP contribution in [-0.2, 0) is 0 Å². The SMILES string of the molecule is SC1(S)CCCN1. The monoisotopic (exact) mass is 135 g/mol. The lowest BCUT2D eigenvalue weighted by Gasteiger charge is -2.13. The Balaban J connectivity index is 2.40. The van der Waals surface area contributed by atoms with Crippen molar-refractivity contribution in [1.29, 1.82) is 0 Å². The van der Waals surface area contributed by atoms with E-state index in [0.29, 0.717) is 0 Å². The van der Waals surface area contributed by atoms with Gasteiger partial charge in [0.2, 0.25) is 0 Å². The Kier molecular flexibility index (Phi) is 1.55. The Bertz CT molecular complexity index is 64.1. The van der Waals surface area contributed by atoms with Crippen LogP contribution >= 0.6 is 25.3 Å². The maximum atomic E-state index is 4.20. The fourth-order valence-electron chi connectivity index (χ4n) is 0.712.